The Hall–Kier alpha value is -4.25. The summed E-state index contributed by atoms with van der Waals surface area (Å²) in [5.41, 5.74) is 3.98. The standard InChI is InChI=1S/C29H29N3O2/c1-31(25-15-9-17-27(19-25)33-21-23-11-5-3-6-12-23)29(30)32(2)26-16-10-18-28(20-26)34-22-24-13-7-4-8-14-24/h3-20,30H,21-22H2,1-2H3. The number of benzene rings is 4. The van der Waals surface area contributed by atoms with E-state index in [1.807, 2.05) is 133 Å². The number of nitrogens with zero attached hydrogens (tertiary/aromatic N) is 2. The number of rotatable bonds is 8. The lowest BCUT2D eigenvalue weighted by molar-refractivity contribution is 0.306. The summed E-state index contributed by atoms with van der Waals surface area (Å²) in [5.74, 6) is 1.86. The molecule has 0 bridgehead atoms. The van der Waals surface area contributed by atoms with Gasteiger partial charge in [-0.3, -0.25) is 5.41 Å². The van der Waals surface area contributed by atoms with Crippen LogP contribution in [0.15, 0.2) is 109 Å². The van der Waals surface area contributed by atoms with Crippen molar-refractivity contribution < 1.29 is 9.47 Å². The van der Waals surface area contributed by atoms with E-state index >= 15 is 0 Å². The summed E-state index contributed by atoms with van der Waals surface area (Å²) < 4.78 is 11.9. The van der Waals surface area contributed by atoms with Crippen LogP contribution in [0.3, 0.4) is 0 Å². The molecule has 0 saturated heterocycles. The van der Waals surface area contributed by atoms with Crippen LogP contribution in [-0.2, 0) is 13.2 Å². The highest BCUT2D eigenvalue weighted by Gasteiger charge is 2.15. The number of nitrogens with one attached hydrogen (secondary N) is 1. The van der Waals surface area contributed by atoms with Crippen LogP contribution in [0.4, 0.5) is 11.4 Å². The van der Waals surface area contributed by atoms with Crippen molar-refractivity contribution >= 4 is 17.3 Å². The third-order valence-electron chi connectivity index (χ3n) is 5.54. The maximum absolute atomic E-state index is 8.76. The van der Waals surface area contributed by atoms with Gasteiger partial charge in [0.15, 0.2) is 0 Å². The van der Waals surface area contributed by atoms with E-state index in [2.05, 4.69) is 0 Å². The molecule has 5 nitrogen and oxygen atoms in total. The van der Waals surface area contributed by atoms with Gasteiger partial charge in [0.05, 0.1) is 0 Å². The van der Waals surface area contributed by atoms with E-state index in [0.717, 1.165) is 34.0 Å². The monoisotopic (exact) mass is 451 g/mol. The SMILES string of the molecule is CN(C(=N)N(C)c1cccc(OCc2ccccc2)c1)c1cccc(OCc2ccccc2)c1. The molecule has 0 atom stereocenters. The second-order valence-electron chi connectivity index (χ2n) is 7.98. The van der Waals surface area contributed by atoms with Gasteiger partial charge in [0.25, 0.3) is 0 Å². The Bertz CT molecular complexity index is 1120. The van der Waals surface area contributed by atoms with E-state index in [0.29, 0.717) is 19.2 Å². The lowest BCUT2D eigenvalue weighted by Crippen LogP contribution is -2.39. The molecule has 0 radical (unpaired) electrons. The molecule has 0 amide bonds. The predicted molar refractivity (Wildman–Crippen MR) is 139 cm³/mol. The smallest absolute Gasteiger partial charge is 0.202 e. The normalized spacial score (nSPS) is 10.4. The van der Waals surface area contributed by atoms with Crippen molar-refractivity contribution in [1.82, 2.24) is 0 Å². The van der Waals surface area contributed by atoms with Gasteiger partial charge >= 0.3 is 0 Å². The number of hydrogen-bond acceptors (Lipinski definition) is 3. The van der Waals surface area contributed by atoms with Crippen molar-refractivity contribution in [3.63, 3.8) is 0 Å². The molecule has 4 rings (SSSR count). The van der Waals surface area contributed by atoms with Gasteiger partial charge < -0.3 is 19.3 Å². The molecular weight excluding hydrogens is 422 g/mol. The van der Waals surface area contributed by atoms with Gasteiger partial charge in [-0.2, -0.15) is 0 Å². The van der Waals surface area contributed by atoms with Crippen molar-refractivity contribution in [2.45, 2.75) is 13.2 Å². The van der Waals surface area contributed by atoms with Gasteiger partial charge in [-0.05, 0) is 35.4 Å². The van der Waals surface area contributed by atoms with E-state index in [-0.39, 0.29) is 0 Å². The maximum Gasteiger partial charge on any atom is 0.202 e. The fraction of sp³-hybridized carbons (Fsp3) is 0.138. The predicted octanol–water partition coefficient (Wildman–Crippen LogP) is 6.35. The largest absolute Gasteiger partial charge is 0.489 e. The highest BCUT2D eigenvalue weighted by atomic mass is 16.5. The molecule has 5 heteroatoms. The van der Waals surface area contributed by atoms with E-state index < -0.39 is 0 Å². The molecule has 0 unspecified atom stereocenters. The summed E-state index contributed by atoms with van der Waals surface area (Å²) in [6, 6.07) is 35.7. The van der Waals surface area contributed by atoms with Gasteiger partial charge in [-0.25, -0.2) is 0 Å². The molecule has 0 aliphatic rings. The van der Waals surface area contributed by atoms with Crippen molar-refractivity contribution in [1.29, 1.82) is 5.41 Å². The zero-order chi connectivity index (χ0) is 23.8. The Kier molecular flexibility index (Phi) is 7.45. The van der Waals surface area contributed by atoms with Gasteiger partial charge in [0.1, 0.15) is 24.7 Å². The fourth-order valence-corrected chi connectivity index (χ4v) is 3.52. The van der Waals surface area contributed by atoms with E-state index in [4.69, 9.17) is 14.9 Å². The second-order valence-corrected chi connectivity index (χ2v) is 7.98. The number of ether oxygens (including phenoxy) is 2. The lowest BCUT2D eigenvalue weighted by atomic mass is 10.2. The molecule has 172 valence electrons. The van der Waals surface area contributed by atoms with Crippen LogP contribution in [0.5, 0.6) is 11.5 Å². The van der Waals surface area contributed by atoms with Crippen LogP contribution in [0.1, 0.15) is 11.1 Å². The van der Waals surface area contributed by atoms with Crippen LogP contribution in [0.2, 0.25) is 0 Å². The average Bonchev–Trinajstić information content (AvgIpc) is 2.91. The molecule has 0 aromatic heterocycles. The summed E-state index contributed by atoms with van der Waals surface area (Å²) in [4.78, 5) is 3.65. The van der Waals surface area contributed by atoms with Gasteiger partial charge in [-0.1, -0.05) is 72.8 Å². The highest BCUT2D eigenvalue weighted by Crippen LogP contribution is 2.25. The minimum atomic E-state index is 0.334. The Labute approximate surface area is 201 Å². The summed E-state index contributed by atoms with van der Waals surface area (Å²) in [7, 11) is 3.76. The Morgan fingerprint density at radius 3 is 1.41 bits per heavy atom. The Balaban J connectivity index is 1.40. The topological polar surface area (TPSA) is 48.8 Å². The molecule has 0 saturated carbocycles. The van der Waals surface area contributed by atoms with Gasteiger partial charge in [0, 0.05) is 37.6 Å². The van der Waals surface area contributed by atoms with Crippen molar-refractivity contribution in [3.8, 4) is 11.5 Å². The zero-order valence-corrected chi connectivity index (χ0v) is 19.5. The summed E-state index contributed by atoms with van der Waals surface area (Å²) in [6.45, 7) is 1.00. The van der Waals surface area contributed by atoms with Crippen molar-refractivity contribution in [2.24, 2.45) is 0 Å². The number of hydrogen-bond donors (Lipinski definition) is 1. The van der Waals surface area contributed by atoms with Crippen LogP contribution >= 0.6 is 0 Å². The van der Waals surface area contributed by atoms with Gasteiger partial charge in [-0.15, -0.1) is 0 Å². The van der Waals surface area contributed by atoms with Crippen LogP contribution < -0.4 is 19.3 Å². The lowest BCUT2D eigenvalue weighted by Gasteiger charge is -2.28. The number of anilines is 2. The second kappa shape index (κ2) is 11.1. The highest BCUT2D eigenvalue weighted by molar-refractivity contribution is 6.04. The Morgan fingerprint density at radius 2 is 1.00 bits per heavy atom. The molecule has 0 heterocycles. The first-order valence-corrected chi connectivity index (χ1v) is 11.2. The minimum absolute atomic E-state index is 0.334. The molecule has 0 aliphatic heterocycles. The molecule has 0 aliphatic carbocycles. The quantitative estimate of drug-likeness (QED) is 0.250. The van der Waals surface area contributed by atoms with E-state index in [9.17, 15) is 0 Å². The van der Waals surface area contributed by atoms with Gasteiger partial charge in [0.2, 0.25) is 5.96 Å². The third kappa shape index (κ3) is 5.95. The summed E-state index contributed by atoms with van der Waals surface area (Å²) >= 11 is 0. The number of guanidine groups is 1. The van der Waals surface area contributed by atoms with E-state index in [1.165, 1.54) is 0 Å². The third-order valence-corrected chi connectivity index (χ3v) is 5.54. The average molecular weight is 452 g/mol. The molecule has 4 aromatic carbocycles. The minimum Gasteiger partial charge on any atom is -0.489 e. The summed E-state index contributed by atoms with van der Waals surface area (Å²) in [5, 5.41) is 8.76. The summed E-state index contributed by atoms with van der Waals surface area (Å²) in [6.07, 6.45) is 0. The van der Waals surface area contributed by atoms with Crippen LogP contribution in [0, 0.1) is 5.41 Å². The van der Waals surface area contributed by atoms with Crippen molar-refractivity contribution in [2.75, 3.05) is 23.9 Å². The molecule has 1 N–H and O–H groups in total. The fourth-order valence-electron chi connectivity index (χ4n) is 3.52. The van der Waals surface area contributed by atoms with Crippen LogP contribution in [0.25, 0.3) is 0 Å². The Morgan fingerprint density at radius 1 is 0.588 bits per heavy atom. The molecule has 0 fully saturated rings. The van der Waals surface area contributed by atoms with E-state index in [1.54, 1.807) is 0 Å². The molecule has 0 spiro atoms. The molecule has 4 aromatic rings. The first-order chi connectivity index (χ1) is 16.6. The van der Waals surface area contributed by atoms with Crippen LogP contribution in [-0.4, -0.2) is 20.1 Å². The van der Waals surface area contributed by atoms with Crippen molar-refractivity contribution in [3.05, 3.63) is 120 Å². The molecular formula is C29H29N3O2. The maximum atomic E-state index is 8.76. The molecule has 34 heavy (non-hydrogen) atoms. The first kappa shape index (κ1) is 22.9. The zero-order valence-electron chi connectivity index (χ0n) is 19.5. The first-order valence-electron chi connectivity index (χ1n) is 11.2.